The maximum atomic E-state index is 11.0. The largest absolute Gasteiger partial charge is 0.521 e. The molecule has 0 spiro atoms. The smallest absolute Gasteiger partial charge is 0.344 e. The third-order valence-corrected chi connectivity index (χ3v) is 0.332. The van der Waals surface area contributed by atoms with Crippen LogP contribution in [0.2, 0.25) is 0 Å². The quantitative estimate of drug-likeness (QED) is 0.336. The molecule has 0 aromatic heterocycles. The molecule has 0 saturated heterocycles. The Morgan fingerprint density at radius 1 is 2.00 bits per heavy atom. The first-order chi connectivity index (χ1) is 2.27. The first kappa shape index (κ1) is 4.69. The molecule has 3 heteroatoms. The lowest BCUT2D eigenvalue weighted by Crippen LogP contribution is -1.71. The predicted molar refractivity (Wildman–Crippen MR) is 17.1 cm³/mol. The summed E-state index contributed by atoms with van der Waals surface area (Å²) < 4.78 is 14.7. The molecule has 0 unspecified atom stereocenters. The summed E-state index contributed by atoms with van der Waals surface area (Å²) >= 11 is 0. The van der Waals surface area contributed by atoms with Crippen LogP contribution >= 0.6 is 0 Å². The van der Waals surface area contributed by atoms with Crippen molar-refractivity contribution in [2.75, 3.05) is 0 Å². The normalized spacial score (nSPS) is 6.80. The van der Waals surface area contributed by atoms with E-state index in [9.17, 15) is 4.39 Å². The minimum absolute atomic E-state index is 0.832. The fourth-order valence-electron chi connectivity index (χ4n) is 0. The molecule has 0 aliphatic heterocycles. The highest BCUT2D eigenvalue weighted by molar-refractivity contribution is 5.98. The third-order valence-electron chi connectivity index (χ3n) is 0.111. The Morgan fingerprint density at radius 3 is 2.20 bits per heavy atom. The second kappa shape index (κ2) is 1.96. The second-order valence-electron chi connectivity index (χ2n) is 0.457. The summed E-state index contributed by atoms with van der Waals surface area (Å²) in [4.78, 5) is 0. The predicted octanol–water partition coefficient (Wildman–Crippen LogP) is 0.527. The maximum Gasteiger partial charge on any atom is 0.344 e. The van der Waals surface area contributed by atoms with Crippen LogP contribution in [0, 0.1) is 0 Å². The highest BCUT2D eigenvalue weighted by Crippen LogP contribution is 1.84. The van der Waals surface area contributed by atoms with E-state index in [1.807, 2.05) is 0 Å². The minimum atomic E-state index is -0.832. The third kappa shape index (κ3) is 3.69. The van der Waals surface area contributed by atoms with Crippen LogP contribution in [0.5, 0.6) is 0 Å². The van der Waals surface area contributed by atoms with Gasteiger partial charge >= 0.3 is 10.5 Å². The van der Waals surface area contributed by atoms with E-state index in [2.05, 4.69) is 21.5 Å². The monoisotopic (exact) mass is 89.0 g/mol. The number of hydrogen-bond donors (Lipinski definition) is 0. The first-order valence-corrected chi connectivity index (χ1v) is 1.36. The van der Waals surface area contributed by atoms with Crippen LogP contribution in [0.4, 0.5) is 4.39 Å². The zero-order chi connectivity index (χ0) is 4.28. The van der Waals surface area contributed by atoms with Gasteiger partial charge in [0, 0.05) is 0 Å². The molecule has 0 atom stereocenters. The molecule has 5 heavy (non-hydrogen) atoms. The molecule has 0 saturated carbocycles. The highest BCUT2D eigenvalue weighted by atomic mass is 28.2. The molecule has 0 amide bonds. The van der Waals surface area contributed by atoms with Gasteiger partial charge in [-0.25, -0.2) is 0 Å². The number of halogens is 1. The summed E-state index contributed by atoms with van der Waals surface area (Å²) in [5, 5.41) is 0. The van der Waals surface area contributed by atoms with Crippen molar-refractivity contribution in [3.05, 3.63) is 12.6 Å². The Kier molecular flexibility index (Phi) is 1.84. The second-order valence-corrected chi connectivity index (χ2v) is 0.661. The van der Waals surface area contributed by atoms with Crippen molar-refractivity contribution in [3.8, 4) is 0 Å². The van der Waals surface area contributed by atoms with E-state index in [1.165, 1.54) is 0 Å². The highest BCUT2D eigenvalue weighted by Gasteiger charge is 1.73. The van der Waals surface area contributed by atoms with E-state index >= 15 is 0 Å². The van der Waals surface area contributed by atoms with Crippen molar-refractivity contribution in [3.63, 3.8) is 0 Å². The van der Waals surface area contributed by atoms with Crippen molar-refractivity contribution in [2.45, 2.75) is 0 Å². The number of rotatable bonds is 1. The van der Waals surface area contributed by atoms with Gasteiger partial charge in [0.1, 0.15) is 0 Å². The molecule has 27 valence electrons. The lowest BCUT2D eigenvalue weighted by atomic mass is 11.1. The van der Waals surface area contributed by atoms with E-state index in [4.69, 9.17) is 0 Å². The van der Waals surface area contributed by atoms with Gasteiger partial charge in [0.15, 0.2) is 0 Å². The average molecular weight is 89.1 g/mol. The van der Waals surface area contributed by atoms with E-state index in [1.54, 1.807) is 0 Å². The standard InChI is InChI=1S/C2H2FOSi/c1-2(3)4-5/h1H2. The summed E-state index contributed by atoms with van der Waals surface area (Å²) in [5.74, 6) is 0. The van der Waals surface area contributed by atoms with Crippen molar-refractivity contribution in [1.82, 2.24) is 0 Å². The summed E-state index contributed by atoms with van der Waals surface area (Å²) in [5.41, 5.74) is 0. The average Bonchev–Trinajstić information content (AvgIpc) is 1.38. The molecule has 0 aromatic carbocycles. The van der Waals surface area contributed by atoms with Gasteiger partial charge < -0.3 is 4.43 Å². The van der Waals surface area contributed by atoms with Crippen molar-refractivity contribution >= 4 is 10.5 Å². The van der Waals surface area contributed by atoms with E-state index < -0.39 is 6.01 Å². The van der Waals surface area contributed by atoms with Crippen molar-refractivity contribution in [2.24, 2.45) is 0 Å². The molecular weight excluding hydrogens is 87.1 g/mol. The van der Waals surface area contributed by atoms with Crippen molar-refractivity contribution < 1.29 is 8.82 Å². The Hall–Kier alpha value is -0.313. The summed E-state index contributed by atoms with van der Waals surface area (Å²) in [6.45, 7) is 2.74. The molecule has 0 aliphatic carbocycles. The summed E-state index contributed by atoms with van der Waals surface area (Å²) in [7, 11) is 2.38. The Bertz CT molecular complexity index is 44.9. The summed E-state index contributed by atoms with van der Waals surface area (Å²) in [6, 6.07) is -0.832. The van der Waals surface area contributed by atoms with Gasteiger partial charge in [-0.15, -0.1) is 0 Å². The molecule has 3 radical (unpaired) electrons. The van der Waals surface area contributed by atoms with Gasteiger partial charge in [0.2, 0.25) is 0 Å². The van der Waals surface area contributed by atoms with Crippen LogP contribution in [0.25, 0.3) is 0 Å². The Balaban J connectivity index is 2.85. The van der Waals surface area contributed by atoms with Crippen LogP contribution in [-0.2, 0) is 4.43 Å². The molecule has 0 rings (SSSR count). The van der Waals surface area contributed by atoms with E-state index in [-0.39, 0.29) is 0 Å². The minimum Gasteiger partial charge on any atom is -0.521 e. The van der Waals surface area contributed by atoms with Gasteiger partial charge in [-0.1, -0.05) is 0 Å². The maximum absolute atomic E-state index is 11.0. The van der Waals surface area contributed by atoms with E-state index in [0.717, 1.165) is 0 Å². The lowest BCUT2D eigenvalue weighted by Gasteiger charge is -1.82. The van der Waals surface area contributed by atoms with Gasteiger partial charge in [-0.2, -0.15) is 4.39 Å². The fraction of sp³-hybridized carbons (Fsp3) is 0. The first-order valence-electron chi connectivity index (χ1n) is 0.951. The lowest BCUT2D eigenvalue weighted by molar-refractivity contribution is 0.329. The summed E-state index contributed by atoms with van der Waals surface area (Å²) in [6.07, 6.45) is 0. The van der Waals surface area contributed by atoms with E-state index in [0.29, 0.717) is 0 Å². The van der Waals surface area contributed by atoms with Crippen molar-refractivity contribution in [1.29, 1.82) is 0 Å². The van der Waals surface area contributed by atoms with Crippen LogP contribution in [0.1, 0.15) is 0 Å². The fourth-order valence-corrected chi connectivity index (χ4v) is 0. The molecule has 0 fully saturated rings. The van der Waals surface area contributed by atoms with Crippen LogP contribution in [-0.4, -0.2) is 10.5 Å². The van der Waals surface area contributed by atoms with Crippen LogP contribution in [0.15, 0.2) is 12.6 Å². The zero-order valence-corrected chi connectivity index (χ0v) is 3.49. The van der Waals surface area contributed by atoms with Gasteiger partial charge in [-0.3, -0.25) is 0 Å². The molecule has 0 heterocycles. The molecular formula is C2H2FOSi. The zero-order valence-electron chi connectivity index (χ0n) is 2.49. The Morgan fingerprint density at radius 2 is 2.20 bits per heavy atom. The van der Waals surface area contributed by atoms with Gasteiger partial charge in [0.25, 0.3) is 6.01 Å². The van der Waals surface area contributed by atoms with Crippen LogP contribution in [0.3, 0.4) is 0 Å². The number of hydrogen-bond acceptors (Lipinski definition) is 1. The Labute approximate surface area is 33.0 Å². The molecule has 0 aromatic rings. The molecule has 1 nitrogen and oxygen atoms in total. The van der Waals surface area contributed by atoms with Gasteiger partial charge in [-0.05, 0) is 6.58 Å². The SMILES string of the molecule is C=C(F)O[Si]. The molecule has 0 bridgehead atoms. The molecule has 0 N–H and O–H groups in total. The molecule has 0 aliphatic rings. The topological polar surface area (TPSA) is 9.23 Å². The van der Waals surface area contributed by atoms with Crippen LogP contribution < -0.4 is 0 Å². The van der Waals surface area contributed by atoms with Gasteiger partial charge in [0.05, 0.1) is 0 Å².